The summed E-state index contributed by atoms with van der Waals surface area (Å²) >= 11 is 0. The molecule has 1 N–H and O–H groups in total. The molecule has 0 unspecified atom stereocenters. The molecule has 0 radical (unpaired) electrons. The lowest BCUT2D eigenvalue weighted by Crippen LogP contribution is -2.35. The summed E-state index contributed by atoms with van der Waals surface area (Å²) < 4.78 is 31.7. The van der Waals surface area contributed by atoms with Gasteiger partial charge in [-0.1, -0.05) is 17.7 Å². The third-order valence-electron chi connectivity index (χ3n) is 3.35. The van der Waals surface area contributed by atoms with E-state index < -0.39 is 16.0 Å². The van der Waals surface area contributed by atoms with Crippen molar-refractivity contribution in [2.45, 2.75) is 32.1 Å². The van der Waals surface area contributed by atoms with Crippen LogP contribution in [0.4, 0.5) is 0 Å². The van der Waals surface area contributed by atoms with Gasteiger partial charge in [-0.25, -0.2) is 13.1 Å². The second kappa shape index (κ2) is 8.79. The zero-order valence-corrected chi connectivity index (χ0v) is 15.3. The fourth-order valence-electron chi connectivity index (χ4n) is 2.15. The monoisotopic (exact) mass is 356 g/mol. The molecule has 7 nitrogen and oxygen atoms in total. The summed E-state index contributed by atoms with van der Waals surface area (Å²) in [5, 5.41) is 0. The molecule has 1 rings (SSSR count). The van der Waals surface area contributed by atoms with Crippen molar-refractivity contribution in [1.29, 1.82) is 0 Å². The van der Waals surface area contributed by atoms with Gasteiger partial charge < -0.3 is 9.64 Å². The number of nitrogens with one attached hydrogen (secondary N) is 1. The minimum absolute atomic E-state index is 0.0400. The molecule has 134 valence electrons. The van der Waals surface area contributed by atoms with Gasteiger partial charge in [0.15, 0.2) is 0 Å². The van der Waals surface area contributed by atoms with Crippen LogP contribution in [0.2, 0.25) is 0 Å². The first-order chi connectivity index (χ1) is 11.2. The molecular formula is C16H24N2O5S. The average molecular weight is 356 g/mol. The third kappa shape index (κ3) is 5.93. The number of ether oxygens (including phenoxy) is 1. The van der Waals surface area contributed by atoms with Gasteiger partial charge in [-0.05, 0) is 32.4 Å². The number of aryl methyl sites for hydroxylation is 2. The Balaban J connectivity index is 2.56. The van der Waals surface area contributed by atoms with Crippen molar-refractivity contribution in [2.24, 2.45) is 0 Å². The van der Waals surface area contributed by atoms with Gasteiger partial charge in [0.05, 0.1) is 11.5 Å². The number of hydrogen-bond acceptors (Lipinski definition) is 5. The Kier molecular flexibility index (Phi) is 7.37. The van der Waals surface area contributed by atoms with Crippen LogP contribution in [-0.4, -0.2) is 51.9 Å². The second-order valence-electron chi connectivity index (χ2n) is 5.47. The molecule has 0 saturated heterocycles. The van der Waals surface area contributed by atoms with Crippen LogP contribution in [0.1, 0.15) is 24.5 Å². The van der Waals surface area contributed by atoms with E-state index in [1.807, 2.05) is 6.92 Å². The number of nitrogens with zero attached hydrogens (tertiary/aromatic N) is 1. The highest BCUT2D eigenvalue weighted by atomic mass is 32.2. The van der Waals surface area contributed by atoms with Crippen LogP contribution in [-0.2, 0) is 24.3 Å². The van der Waals surface area contributed by atoms with E-state index in [1.54, 1.807) is 32.0 Å². The van der Waals surface area contributed by atoms with Crippen LogP contribution in [0, 0.1) is 13.8 Å². The summed E-state index contributed by atoms with van der Waals surface area (Å²) in [7, 11) is -2.20. The van der Waals surface area contributed by atoms with Gasteiger partial charge in [0.2, 0.25) is 15.9 Å². The fourth-order valence-corrected chi connectivity index (χ4v) is 3.41. The predicted octanol–water partition coefficient (Wildman–Crippen LogP) is 0.993. The Bertz CT molecular complexity index is 700. The molecule has 0 heterocycles. The zero-order valence-electron chi connectivity index (χ0n) is 14.5. The van der Waals surface area contributed by atoms with Crippen molar-refractivity contribution in [3.8, 4) is 0 Å². The molecule has 0 fully saturated rings. The van der Waals surface area contributed by atoms with Crippen LogP contribution >= 0.6 is 0 Å². The van der Waals surface area contributed by atoms with E-state index >= 15 is 0 Å². The SMILES string of the molecule is CCOC(=O)CN(C)C(=O)CCNS(=O)(=O)c1ccc(C)cc1C. The van der Waals surface area contributed by atoms with Gasteiger partial charge >= 0.3 is 5.97 Å². The minimum Gasteiger partial charge on any atom is -0.465 e. The number of rotatable bonds is 8. The highest BCUT2D eigenvalue weighted by Gasteiger charge is 2.18. The molecule has 0 aliphatic heterocycles. The van der Waals surface area contributed by atoms with Crippen LogP contribution in [0.15, 0.2) is 23.1 Å². The molecule has 8 heteroatoms. The fraction of sp³-hybridized carbons (Fsp3) is 0.500. The molecule has 0 aliphatic rings. The number of carbonyl (C=O) groups is 2. The molecule has 0 spiro atoms. The Morgan fingerprint density at radius 1 is 1.25 bits per heavy atom. The Morgan fingerprint density at radius 3 is 2.50 bits per heavy atom. The highest BCUT2D eigenvalue weighted by Crippen LogP contribution is 2.16. The van der Waals surface area contributed by atoms with Gasteiger partial charge in [0, 0.05) is 20.0 Å². The van der Waals surface area contributed by atoms with E-state index in [0.29, 0.717) is 5.56 Å². The largest absolute Gasteiger partial charge is 0.465 e. The van der Waals surface area contributed by atoms with Crippen molar-refractivity contribution < 1.29 is 22.7 Å². The molecular weight excluding hydrogens is 332 g/mol. The van der Waals surface area contributed by atoms with Crippen LogP contribution < -0.4 is 4.72 Å². The number of esters is 1. The summed E-state index contributed by atoms with van der Waals surface area (Å²) in [6.07, 6.45) is -0.0416. The lowest BCUT2D eigenvalue weighted by molar-refractivity contribution is -0.148. The summed E-state index contributed by atoms with van der Waals surface area (Å²) in [6.45, 7) is 5.34. The first-order valence-electron chi connectivity index (χ1n) is 7.64. The van der Waals surface area contributed by atoms with E-state index in [4.69, 9.17) is 4.74 Å². The molecule has 24 heavy (non-hydrogen) atoms. The summed E-state index contributed by atoms with van der Waals surface area (Å²) in [4.78, 5) is 24.6. The minimum atomic E-state index is -3.67. The highest BCUT2D eigenvalue weighted by molar-refractivity contribution is 7.89. The normalized spacial score (nSPS) is 11.2. The van der Waals surface area contributed by atoms with Crippen molar-refractivity contribution in [3.63, 3.8) is 0 Å². The number of hydrogen-bond donors (Lipinski definition) is 1. The standard InChI is InChI=1S/C16H24N2O5S/c1-5-23-16(20)11-18(4)15(19)8-9-17-24(21,22)14-7-6-12(2)10-13(14)3/h6-7,10,17H,5,8-9,11H2,1-4H3. The predicted molar refractivity (Wildman–Crippen MR) is 90.0 cm³/mol. The van der Waals surface area contributed by atoms with Gasteiger partial charge in [-0.3, -0.25) is 9.59 Å². The zero-order chi connectivity index (χ0) is 18.3. The van der Waals surface area contributed by atoms with Crippen LogP contribution in [0.25, 0.3) is 0 Å². The van der Waals surface area contributed by atoms with Gasteiger partial charge in [0.25, 0.3) is 0 Å². The maximum absolute atomic E-state index is 12.3. The molecule has 0 aromatic heterocycles. The lowest BCUT2D eigenvalue weighted by atomic mass is 10.2. The Hall–Kier alpha value is -1.93. The number of likely N-dealkylation sites (N-methyl/N-ethyl adjacent to an activating group) is 1. The second-order valence-corrected chi connectivity index (χ2v) is 7.21. The Morgan fingerprint density at radius 2 is 1.92 bits per heavy atom. The number of sulfonamides is 1. The smallest absolute Gasteiger partial charge is 0.325 e. The number of benzene rings is 1. The van der Waals surface area contributed by atoms with E-state index in [0.717, 1.165) is 5.56 Å². The number of amides is 1. The molecule has 0 aliphatic carbocycles. The van der Waals surface area contributed by atoms with E-state index in [-0.39, 0.29) is 36.9 Å². The first-order valence-corrected chi connectivity index (χ1v) is 9.12. The van der Waals surface area contributed by atoms with Crippen molar-refractivity contribution in [2.75, 3.05) is 26.7 Å². The Labute approximate surface area is 143 Å². The van der Waals surface area contributed by atoms with Crippen LogP contribution in [0.3, 0.4) is 0 Å². The van der Waals surface area contributed by atoms with E-state index in [1.165, 1.54) is 11.9 Å². The maximum Gasteiger partial charge on any atom is 0.325 e. The maximum atomic E-state index is 12.3. The molecule has 0 saturated carbocycles. The van der Waals surface area contributed by atoms with E-state index in [2.05, 4.69) is 4.72 Å². The number of carbonyl (C=O) groups excluding carboxylic acids is 2. The molecule has 1 amide bonds. The van der Waals surface area contributed by atoms with Crippen LogP contribution in [0.5, 0.6) is 0 Å². The first kappa shape index (κ1) is 20.1. The third-order valence-corrected chi connectivity index (χ3v) is 4.97. The van der Waals surface area contributed by atoms with E-state index in [9.17, 15) is 18.0 Å². The molecule has 1 aromatic carbocycles. The van der Waals surface area contributed by atoms with Gasteiger partial charge in [0.1, 0.15) is 6.54 Å². The quantitative estimate of drug-likeness (QED) is 0.701. The molecule has 0 bridgehead atoms. The summed E-state index contributed by atoms with van der Waals surface area (Å²) in [5.41, 5.74) is 1.62. The topological polar surface area (TPSA) is 92.8 Å². The lowest BCUT2D eigenvalue weighted by Gasteiger charge is -2.16. The molecule has 0 atom stereocenters. The van der Waals surface area contributed by atoms with Crippen molar-refractivity contribution >= 4 is 21.9 Å². The van der Waals surface area contributed by atoms with Gasteiger partial charge in [-0.15, -0.1) is 0 Å². The summed E-state index contributed by atoms with van der Waals surface area (Å²) in [6, 6.07) is 5.05. The molecule has 1 aromatic rings. The summed E-state index contributed by atoms with van der Waals surface area (Å²) in [5.74, 6) is -0.837. The van der Waals surface area contributed by atoms with Crippen molar-refractivity contribution in [1.82, 2.24) is 9.62 Å². The van der Waals surface area contributed by atoms with Gasteiger partial charge in [-0.2, -0.15) is 0 Å². The van der Waals surface area contributed by atoms with Crippen molar-refractivity contribution in [3.05, 3.63) is 29.3 Å². The average Bonchev–Trinajstić information content (AvgIpc) is 2.46.